The van der Waals surface area contributed by atoms with E-state index in [1.807, 2.05) is 72.9 Å². The summed E-state index contributed by atoms with van der Waals surface area (Å²) in [5.41, 5.74) is 1.96. The molecule has 2 heterocycles. The average molecular weight is 472 g/mol. The fourth-order valence-electron chi connectivity index (χ4n) is 3.92. The van der Waals surface area contributed by atoms with Crippen LogP contribution >= 0.6 is 23.2 Å². The first-order valence-corrected chi connectivity index (χ1v) is 11.5. The van der Waals surface area contributed by atoms with E-state index >= 15 is 0 Å². The van der Waals surface area contributed by atoms with Crippen molar-refractivity contribution in [1.29, 1.82) is 0 Å². The summed E-state index contributed by atoms with van der Waals surface area (Å²) in [7, 11) is 0. The van der Waals surface area contributed by atoms with E-state index in [2.05, 4.69) is 14.8 Å². The van der Waals surface area contributed by atoms with Crippen LogP contribution in [0.3, 0.4) is 0 Å². The Bertz CT molecular complexity index is 917. The molecule has 1 atom stereocenters. The van der Waals surface area contributed by atoms with Gasteiger partial charge in [0.25, 0.3) is 0 Å². The largest absolute Gasteiger partial charge is 0.389 e. The Morgan fingerprint density at radius 2 is 1.44 bits per heavy atom. The summed E-state index contributed by atoms with van der Waals surface area (Å²) in [6.07, 6.45) is 0.930. The first kappa shape index (κ1) is 23.0. The number of aliphatic hydroxyl groups is 1. The van der Waals surface area contributed by atoms with Crippen LogP contribution in [0.25, 0.3) is 0 Å². The van der Waals surface area contributed by atoms with E-state index in [1.165, 1.54) is 0 Å². The predicted octanol–water partition coefficient (Wildman–Crippen LogP) is 4.68. The standard InChI is InChI=1S/C25H27Cl2N3O2/c26-21-8-4-19(5-9-21)25(20-6-10-22(27)11-7-20)32-18-23(31)17-29-13-15-30(16-14-29)24-3-1-2-12-28-24/h1-12,23,25,31H,13-18H2/t23-/m1/s1. The number of pyridine rings is 1. The summed E-state index contributed by atoms with van der Waals surface area (Å²) >= 11 is 12.1. The third kappa shape index (κ3) is 6.21. The van der Waals surface area contributed by atoms with Crippen molar-refractivity contribution in [1.82, 2.24) is 9.88 Å². The van der Waals surface area contributed by atoms with Crippen LogP contribution in [-0.4, -0.2) is 60.4 Å². The first-order chi connectivity index (χ1) is 15.6. The van der Waals surface area contributed by atoms with Crippen molar-refractivity contribution in [3.05, 3.63) is 94.1 Å². The van der Waals surface area contributed by atoms with Gasteiger partial charge in [0, 0.05) is 49.0 Å². The Balaban J connectivity index is 1.33. The van der Waals surface area contributed by atoms with Crippen molar-refractivity contribution in [2.75, 3.05) is 44.2 Å². The maximum absolute atomic E-state index is 10.7. The monoisotopic (exact) mass is 471 g/mol. The van der Waals surface area contributed by atoms with Crippen LogP contribution < -0.4 is 4.90 Å². The predicted molar refractivity (Wildman–Crippen MR) is 130 cm³/mol. The Morgan fingerprint density at radius 3 is 1.97 bits per heavy atom. The van der Waals surface area contributed by atoms with E-state index in [9.17, 15) is 5.11 Å². The van der Waals surface area contributed by atoms with Crippen LogP contribution in [0.4, 0.5) is 5.82 Å². The molecule has 4 rings (SSSR count). The molecule has 0 bridgehead atoms. The fourth-order valence-corrected chi connectivity index (χ4v) is 4.17. The van der Waals surface area contributed by atoms with Crippen LogP contribution in [0.5, 0.6) is 0 Å². The van der Waals surface area contributed by atoms with E-state index in [0.717, 1.165) is 43.1 Å². The minimum atomic E-state index is -0.585. The number of aliphatic hydroxyl groups excluding tert-OH is 1. The molecule has 0 amide bonds. The molecule has 2 aromatic carbocycles. The second kappa shape index (κ2) is 11.1. The van der Waals surface area contributed by atoms with Crippen molar-refractivity contribution < 1.29 is 9.84 Å². The average Bonchev–Trinajstić information content (AvgIpc) is 2.82. The molecule has 1 fully saturated rings. The summed E-state index contributed by atoms with van der Waals surface area (Å²) < 4.78 is 6.20. The summed E-state index contributed by atoms with van der Waals surface area (Å²) in [5.74, 6) is 1.00. The molecule has 32 heavy (non-hydrogen) atoms. The van der Waals surface area contributed by atoms with Gasteiger partial charge in [-0.05, 0) is 47.5 Å². The quantitative estimate of drug-likeness (QED) is 0.516. The van der Waals surface area contributed by atoms with Crippen LogP contribution in [0.2, 0.25) is 10.0 Å². The number of hydrogen-bond donors (Lipinski definition) is 1. The normalized spacial score (nSPS) is 15.8. The van der Waals surface area contributed by atoms with Crippen molar-refractivity contribution in [2.45, 2.75) is 12.2 Å². The van der Waals surface area contributed by atoms with E-state index < -0.39 is 6.10 Å². The Hall–Kier alpha value is -2.15. The van der Waals surface area contributed by atoms with E-state index in [0.29, 0.717) is 16.6 Å². The molecule has 5 nitrogen and oxygen atoms in total. The van der Waals surface area contributed by atoms with Gasteiger partial charge in [-0.1, -0.05) is 53.5 Å². The molecule has 7 heteroatoms. The van der Waals surface area contributed by atoms with Gasteiger partial charge in [-0.2, -0.15) is 0 Å². The molecule has 0 saturated carbocycles. The highest BCUT2D eigenvalue weighted by Gasteiger charge is 2.22. The fraction of sp³-hybridized carbons (Fsp3) is 0.320. The molecule has 1 aliphatic heterocycles. The number of halogens is 2. The number of piperazine rings is 1. The zero-order chi connectivity index (χ0) is 22.3. The summed E-state index contributed by atoms with van der Waals surface area (Å²) in [5, 5.41) is 12.0. The molecule has 0 radical (unpaired) electrons. The van der Waals surface area contributed by atoms with Gasteiger partial charge in [0.2, 0.25) is 0 Å². The highest BCUT2D eigenvalue weighted by molar-refractivity contribution is 6.30. The third-order valence-corrected chi connectivity index (χ3v) is 6.12. The van der Waals surface area contributed by atoms with Gasteiger partial charge in [-0.25, -0.2) is 4.98 Å². The van der Waals surface area contributed by atoms with Gasteiger partial charge >= 0.3 is 0 Å². The minimum Gasteiger partial charge on any atom is -0.389 e. The number of nitrogens with zero attached hydrogens (tertiary/aromatic N) is 3. The van der Waals surface area contributed by atoms with Gasteiger partial charge in [-0.15, -0.1) is 0 Å². The molecule has 1 saturated heterocycles. The molecule has 0 spiro atoms. The molecule has 1 aromatic heterocycles. The molecule has 168 valence electrons. The van der Waals surface area contributed by atoms with Gasteiger partial charge in [0.1, 0.15) is 11.9 Å². The summed E-state index contributed by atoms with van der Waals surface area (Å²) in [6.45, 7) is 4.35. The number of aromatic nitrogens is 1. The number of hydrogen-bond acceptors (Lipinski definition) is 5. The van der Waals surface area contributed by atoms with Gasteiger partial charge < -0.3 is 14.7 Å². The summed E-state index contributed by atoms with van der Waals surface area (Å²) in [4.78, 5) is 8.97. The SMILES string of the molecule is O[C@@H](COC(c1ccc(Cl)cc1)c1ccc(Cl)cc1)CN1CCN(c2ccccn2)CC1. The zero-order valence-corrected chi connectivity index (χ0v) is 19.3. The topological polar surface area (TPSA) is 48.8 Å². The van der Waals surface area contributed by atoms with Crippen molar-refractivity contribution in [3.63, 3.8) is 0 Å². The minimum absolute atomic E-state index is 0.233. The molecule has 3 aromatic rings. The van der Waals surface area contributed by atoms with Crippen molar-refractivity contribution in [3.8, 4) is 0 Å². The van der Waals surface area contributed by atoms with Gasteiger partial charge in [0.15, 0.2) is 0 Å². The molecule has 1 N–H and O–H groups in total. The van der Waals surface area contributed by atoms with E-state index in [-0.39, 0.29) is 12.7 Å². The number of β-amino-alcohol motifs (C(OH)–C–C–N with tert-alkyl or cyclic N) is 1. The second-order valence-electron chi connectivity index (χ2n) is 7.95. The molecular weight excluding hydrogens is 445 g/mol. The first-order valence-electron chi connectivity index (χ1n) is 10.8. The maximum Gasteiger partial charge on any atom is 0.128 e. The Labute approximate surface area is 199 Å². The lowest BCUT2D eigenvalue weighted by Crippen LogP contribution is -2.49. The molecule has 0 aliphatic carbocycles. The van der Waals surface area contributed by atoms with Crippen LogP contribution in [-0.2, 0) is 4.74 Å². The van der Waals surface area contributed by atoms with Crippen LogP contribution in [0.1, 0.15) is 17.2 Å². The second-order valence-corrected chi connectivity index (χ2v) is 8.82. The maximum atomic E-state index is 10.7. The molecule has 0 unspecified atom stereocenters. The highest BCUT2D eigenvalue weighted by Crippen LogP contribution is 2.28. The van der Waals surface area contributed by atoms with Crippen LogP contribution in [0, 0.1) is 0 Å². The number of rotatable bonds is 8. The Kier molecular flexibility index (Phi) is 8.00. The summed E-state index contributed by atoms with van der Waals surface area (Å²) in [6, 6.07) is 21.2. The lowest BCUT2D eigenvalue weighted by Gasteiger charge is -2.36. The van der Waals surface area contributed by atoms with E-state index in [4.69, 9.17) is 27.9 Å². The lowest BCUT2D eigenvalue weighted by atomic mass is 10.0. The Morgan fingerprint density at radius 1 is 0.844 bits per heavy atom. The van der Waals surface area contributed by atoms with Gasteiger partial charge in [0.05, 0.1) is 12.7 Å². The highest BCUT2D eigenvalue weighted by atomic mass is 35.5. The number of anilines is 1. The van der Waals surface area contributed by atoms with Crippen LogP contribution in [0.15, 0.2) is 72.9 Å². The van der Waals surface area contributed by atoms with Crippen molar-refractivity contribution >= 4 is 29.0 Å². The van der Waals surface area contributed by atoms with E-state index in [1.54, 1.807) is 0 Å². The van der Waals surface area contributed by atoms with Crippen molar-refractivity contribution in [2.24, 2.45) is 0 Å². The number of benzene rings is 2. The van der Waals surface area contributed by atoms with Gasteiger partial charge in [-0.3, -0.25) is 4.90 Å². The third-order valence-electron chi connectivity index (χ3n) is 5.62. The smallest absolute Gasteiger partial charge is 0.128 e. The molecule has 1 aliphatic rings. The molecular formula is C25H27Cl2N3O2. The lowest BCUT2D eigenvalue weighted by molar-refractivity contribution is -0.00894. The number of ether oxygens (including phenoxy) is 1. The zero-order valence-electron chi connectivity index (χ0n) is 17.8.